The van der Waals surface area contributed by atoms with E-state index in [9.17, 15) is 9.59 Å². The van der Waals surface area contributed by atoms with Crippen molar-refractivity contribution in [1.29, 1.82) is 0 Å². The molecule has 3 heteroatoms. The summed E-state index contributed by atoms with van der Waals surface area (Å²) in [5.74, 6) is -0.444. The van der Waals surface area contributed by atoms with Gasteiger partial charge in [0.2, 0.25) is 0 Å². The molecule has 0 heterocycles. The van der Waals surface area contributed by atoms with Gasteiger partial charge in [-0.15, -0.1) is 0 Å². The zero-order valence-corrected chi connectivity index (χ0v) is 11.0. The first-order valence-corrected chi connectivity index (χ1v) is 6.37. The highest BCUT2D eigenvalue weighted by molar-refractivity contribution is 5.89. The van der Waals surface area contributed by atoms with Gasteiger partial charge in [0.15, 0.2) is 0 Å². The molecule has 1 atom stereocenters. The molecule has 0 aromatic heterocycles. The van der Waals surface area contributed by atoms with Gasteiger partial charge >= 0.3 is 5.97 Å². The van der Waals surface area contributed by atoms with Gasteiger partial charge in [0, 0.05) is 0 Å². The number of Topliss-reactive ketones (excluding diaryl/α,β-unsaturated/α-hetero) is 1. The third kappa shape index (κ3) is 4.70. The van der Waals surface area contributed by atoms with Crippen molar-refractivity contribution < 1.29 is 14.3 Å². The van der Waals surface area contributed by atoms with E-state index < -0.39 is 0 Å². The lowest BCUT2D eigenvalue weighted by Crippen LogP contribution is -2.20. The second-order valence-electron chi connectivity index (χ2n) is 4.41. The molecule has 0 saturated carbocycles. The molecule has 3 nitrogen and oxygen atoms in total. The number of hydrogen-bond acceptors (Lipinski definition) is 3. The maximum absolute atomic E-state index is 11.7. The van der Waals surface area contributed by atoms with Crippen molar-refractivity contribution in [2.45, 2.75) is 33.1 Å². The Bertz CT molecular complexity index is 384. The van der Waals surface area contributed by atoms with Gasteiger partial charge in [0.1, 0.15) is 12.4 Å². The molecule has 1 unspecified atom stereocenters. The van der Waals surface area contributed by atoms with E-state index in [0.29, 0.717) is 5.56 Å². The molecule has 0 spiro atoms. The van der Waals surface area contributed by atoms with E-state index in [0.717, 1.165) is 19.3 Å². The lowest BCUT2D eigenvalue weighted by molar-refractivity contribution is -0.122. The van der Waals surface area contributed by atoms with E-state index in [4.69, 9.17) is 4.74 Å². The van der Waals surface area contributed by atoms with E-state index in [1.54, 1.807) is 31.2 Å². The Labute approximate surface area is 108 Å². The standard InChI is InChI=1S/C15H20O3/c1-3-4-8-14(12(2)16)11-18-15(17)13-9-6-5-7-10-13/h5-7,9-10,14H,3-4,8,11H2,1-2H3. The smallest absolute Gasteiger partial charge is 0.338 e. The second kappa shape index (κ2) is 7.64. The average Bonchev–Trinajstić information content (AvgIpc) is 2.39. The lowest BCUT2D eigenvalue weighted by Gasteiger charge is -2.13. The average molecular weight is 248 g/mol. The SMILES string of the molecule is CCCCC(COC(=O)c1ccccc1)C(C)=O. The van der Waals surface area contributed by atoms with E-state index >= 15 is 0 Å². The molecule has 1 aromatic carbocycles. The highest BCUT2D eigenvalue weighted by Crippen LogP contribution is 2.11. The highest BCUT2D eigenvalue weighted by atomic mass is 16.5. The van der Waals surface area contributed by atoms with E-state index in [1.807, 2.05) is 6.07 Å². The fourth-order valence-electron chi connectivity index (χ4n) is 1.69. The molecule has 0 bridgehead atoms. The molecule has 98 valence electrons. The number of hydrogen-bond donors (Lipinski definition) is 0. The van der Waals surface area contributed by atoms with Gasteiger partial charge in [-0.1, -0.05) is 38.0 Å². The number of benzene rings is 1. The van der Waals surface area contributed by atoms with Crippen LogP contribution in [-0.2, 0) is 9.53 Å². The van der Waals surface area contributed by atoms with Crippen molar-refractivity contribution in [1.82, 2.24) is 0 Å². The minimum absolute atomic E-state index is 0.0873. The van der Waals surface area contributed by atoms with Crippen LogP contribution >= 0.6 is 0 Å². The monoisotopic (exact) mass is 248 g/mol. The molecule has 0 N–H and O–H groups in total. The van der Waals surface area contributed by atoms with Gasteiger partial charge < -0.3 is 4.74 Å². The number of ether oxygens (including phenoxy) is 1. The summed E-state index contributed by atoms with van der Waals surface area (Å²) < 4.78 is 5.19. The van der Waals surface area contributed by atoms with Gasteiger partial charge in [0.05, 0.1) is 11.5 Å². The van der Waals surface area contributed by atoms with Crippen molar-refractivity contribution >= 4 is 11.8 Å². The Hall–Kier alpha value is -1.64. The number of ketones is 1. The number of carbonyl (C=O) groups excluding carboxylic acids is 2. The Kier molecular flexibility index (Phi) is 6.12. The second-order valence-corrected chi connectivity index (χ2v) is 4.41. The van der Waals surface area contributed by atoms with Crippen LogP contribution in [0.5, 0.6) is 0 Å². The fourth-order valence-corrected chi connectivity index (χ4v) is 1.69. The van der Waals surface area contributed by atoms with Crippen LogP contribution in [-0.4, -0.2) is 18.4 Å². The van der Waals surface area contributed by atoms with Gasteiger partial charge in [-0.25, -0.2) is 4.79 Å². The largest absolute Gasteiger partial charge is 0.461 e. The first kappa shape index (κ1) is 14.4. The third-order valence-corrected chi connectivity index (χ3v) is 2.91. The molecular weight excluding hydrogens is 228 g/mol. The van der Waals surface area contributed by atoms with Crippen LogP contribution < -0.4 is 0 Å². The van der Waals surface area contributed by atoms with Crippen molar-refractivity contribution in [2.24, 2.45) is 5.92 Å². The van der Waals surface area contributed by atoms with Crippen molar-refractivity contribution in [3.63, 3.8) is 0 Å². The quantitative estimate of drug-likeness (QED) is 0.696. The summed E-state index contributed by atoms with van der Waals surface area (Å²) in [7, 11) is 0. The Morgan fingerprint density at radius 1 is 1.22 bits per heavy atom. The van der Waals surface area contributed by atoms with Crippen LogP contribution in [0.1, 0.15) is 43.5 Å². The van der Waals surface area contributed by atoms with Crippen LogP contribution in [0.3, 0.4) is 0 Å². The molecule has 0 aliphatic carbocycles. The minimum Gasteiger partial charge on any atom is -0.461 e. The first-order valence-electron chi connectivity index (χ1n) is 6.37. The van der Waals surface area contributed by atoms with Crippen LogP contribution in [0, 0.1) is 5.92 Å². The molecule has 0 fully saturated rings. The van der Waals surface area contributed by atoms with Crippen molar-refractivity contribution in [2.75, 3.05) is 6.61 Å². The number of carbonyl (C=O) groups is 2. The summed E-state index contributed by atoms with van der Waals surface area (Å²) in [6, 6.07) is 8.83. The van der Waals surface area contributed by atoms with Gasteiger partial charge in [-0.2, -0.15) is 0 Å². The Morgan fingerprint density at radius 3 is 2.44 bits per heavy atom. The van der Waals surface area contributed by atoms with Gasteiger partial charge in [-0.05, 0) is 25.5 Å². The molecule has 0 amide bonds. The Balaban J connectivity index is 2.47. The van der Waals surface area contributed by atoms with E-state index in [2.05, 4.69) is 6.92 Å². The van der Waals surface area contributed by atoms with E-state index in [1.165, 1.54) is 0 Å². The number of rotatable bonds is 7. The van der Waals surface area contributed by atoms with Crippen LogP contribution in [0.15, 0.2) is 30.3 Å². The summed E-state index contributed by atoms with van der Waals surface area (Å²) in [6.45, 7) is 3.81. The maximum atomic E-state index is 11.7. The summed E-state index contributed by atoms with van der Waals surface area (Å²) in [4.78, 5) is 23.1. The molecule has 0 aliphatic heterocycles. The highest BCUT2D eigenvalue weighted by Gasteiger charge is 2.16. The topological polar surface area (TPSA) is 43.4 Å². The van der Waals surface area contributed by atoms with Crippen molar-refractivity contribution in [3.05, 3.63) is 35.9 Å². The predicted molar refractivity (Wildman–Crippen MR) is 70.4 cm³/mol. The maximum Gasteiger partial charge on any atom is 0.338 e. The zero-order chi connectivity index (χ0) is 13.4. The molecule has 18 heavy (non-hydrogen) atoms. The predicted octanol–water partition coefficient (Wildman–Crippen LogP) is 3.24. The van der Waals surface area contributed by atoms with Gasteiger partial charge in [-0.3, -0.25) is 4.79 Å². The lowest BCUT2D eigenvalue weighted by atomic mass is 9.99. The Morgan fingerprint density at radius 2 is 1.89 bits per heavy atom. The summed E-state index contributed by atoms with van der Waals surface area (Å²) in [6.07, 6.45) is 2.80. The third-order valence-electron chi connectivity index (χ3n) is 2.91. The van der Waals surface area contributed by atoms with Crippen LogP contribution in [0.4, 0.5) is 0 Å². The zero-order valence-electron chi connectivity index (χ0n) is 11.0. The molecule has 0 saturated heterocycles. The molecule has 0 radical (unpaired) electrons. The normalized spacial score (nSPS) is 11.9. The molecule has 0 aliphatic rings. The van der Waals surface area contributed by atoms with Gasteiger partial charge in [0.25, 0.3) is 0 Å². The number of esters is 1. The molecule has 1 aromatic rings. The summed E-state index contributed by atoms with van der Waals surface area (Å²) >= 11 is 0. The number of unbranched alkanes of at least 4 members (excludes halogenated alkanes) is 1. The molecule has 1 rings (SSSR count). The van der Waals surface area contributed by atoms with Crippen molar-refractivity contribution in [3.8, 4) is 0 Å². The van der Waals surface area contributed by atoms with Crippen LogP contribution in [0.2, 0.25) is 0 Å². The summed E-state index contributed by atoms with van der Waals surface area (Å²) in [5, 5.41) is 0. The minimum atomic E-state index is -0.363. The van der Waals surface area contributed by atoms with E-state index in [-0.39, 0.29) is 24.3 Å². The first-order chi connectivity index (χ1) is 8.65. The molecular formula is C15H20O3. The fraction of sp³-hybridized carbons (Fsp3) is 0.467. The van der Waals surface area contributed by atoms with Crippen LogP contribution in [0.25, 0.3) is 0 Å². The summed E-state index contributed by atoms with van der Waals surface area (Å²) in [5.41, 5.74) is 0.523.